The lowest BCUT2D eigenvalue weighted by Crippen LogP contribution is -2.52. The number of rotatable bonds is 8. The first-order chi connectivity index (χ1) is 19.6. The molecule has 1 aromatic heterocycles. The average molecular weight is 602 g/mol. The van der Waals surface area contributed by atoms with Crippen LogP contribution in [0.5, 0.6) is 0 Å². The molecule has 5 rings (SSSR count). The maximum atomic E-state index is 13.5. The van der Waals surface area contributed by atoms with Crippen molar-refractivity contribution in [2.24, 2.45) is 5.92 Å². The predicted molar refractivity (Wildman–Crippen MR) is 163 cm³/mol. The molecule has 0 N–H and O–H groups in total. The molecule has 1 amide bonds. The number of hydrogen-bond donors (Lipinski definition) is 0. The van der Waals surface area contributed by atoms with Crippen LogP contribution in [0.4, 0.5) is 0 Å². The maximum Gasteiger partial charge on any atom is 0.272 e. The lowest BCUT2D eigenvalue weighted by molar-refractivity contribution is 0.0542. The molecule has 2 aliphatic heterocycles. The van der Waals surface area contributed by atoms with Gasteiger partial charge in [-0.25, -0.2) is 22.7 Å². The summed E-state index contributed by atoms with van der Waals surface area (Å²) in [5.41, 5.74) is 3.85. The minimum atomic E-state index is -3.16. The topological polar surface area (TPSA) is 86.7 Å². The molecule has 2 unspecified atom stereocenters. The van der Waals surface area contributed by atoms with Gasteiger partial charge in [0.05, 0.1) is 6.26 Å². The summed E-state index contributed by atoms with van der Waals surface area (Å²) in [5, 5.41) is 0.786. The van der Waals surface area contributed by atoms with Crippen molar-refractivity contribution in [2.45, 2.75) is 82.7 Å². The van der Waals surface area contributed by atoms with Crippen LogP contribution in [0.3, 0.4) is 0 Å². The number of piperidine rings is 2. The smallest absolute Gasteiger partial charge is 0.272 e. The van der Waals surface area contributed by atoms with E-state index in [-0.39, 0.29) is 11.9 Å². The zero-order valence-corrected chi connectivity index (χ0v) is 26.2. The molecule has 1 aromatic carbocycles. The summed E-state index contributed by atoms with van der Waals surface area (Å²) in [5.74, 6) is 1.28. The molecule has 224 valence electrons. The Labute approximate surface area is 250 Å². The van der Waals surface area contributed by atoms with E-state index in [1.807, 2.05) is 24.0 Å². The second-order valence-electron chi connectivity index (χ2n) is 12.3. The number of amides is 1. The van der Waals surface area contributed by atoms with Crippen LogP contribution in [0.25, 0.3) is 0 Å². The van der Waals surface area contributed by atoms with Crippen molar-refractivity contribution in [1.82, 2.24) is 24.1 Å². The predicted octanol–water partition coefficient (Wildman–Crippen LogP) is 4.92. The van der Waals surface area contributed by atoms with E-state index in [2.05, 4.69) is 27.0 Å². The number of likely N-dealkylation sites (tertiary alicyclic amines) is 2. The van der Waals surface area contributed by atoms with Gasteiger partial charge in [0.2, 0.25) is 10.0 Å². The molecule has 2 aromatic rings. The van der Waals surface area contributed by atoms with Crippen molar-refractivity contribution in [3.8, 4) is 0 Å². The van der Waals surface area contributed by atoms with Gasteiger partial charge in [-0.05, 0) is 107 Å². The fraction of sp³-hybridized carbons (Fsp3) is 0.645. The lowest BCUT2D eigenvalue weighted by Gasteiger charge is -2.43. The third-order valence-corrected chi connectivity index (χ3v) is 11.5. The highest BCUT2D eigenvalue weighted by atomic mass is 35.5. The molecule has 2 saturated heterocycles. The molecule has 8 nitrogen and oxygen atoms in total. The summed E-state index contributed by atoms with van der Waals surface area (Å²) in [7, 11) is -1.47. The summed E-state index contributed by atoms with van der Waals surface area (Å²) in [6, 6.07) is 8.81. The first-order valence-corrected chi connectivity index (χ1v) is 17.3. The van der Waals surface area contributed by atoms with Gasteiger partial charge in [0.15, 0.2) is 0 Å². The van der Waals surface area contributed by atoms with Crippen LogP contribution in [-0.2, 0) is 16.4 Å². The number of carbonyl (C=O) groups is 1. The second-order valence-corrected chi connectivity index (χ2v) is 14.8. The standard InChI is InChI=1S/C31H44ClN5O3S/c1-22-29(11-5-23-4-6-25(20-23)24-7-9-26(32)10-8-24)33-21-34-30(22)31(38)37-18-14-28(15-19-37)36-16-12-27(13-17-36)35(2)41(3,39)40/h7-10,21,23,25,27-28H,4-6,11-20H2,1-3H3. The van der Waals surface area contributed by atoms with Crippen molar-refractivity contribution in [1.29, 1.82) is 0 Å². The van der Waals surface area contributed by atoms with Crippen LogP contribution in [-0.4, -0.2) is 90.0 Å². The zero-order valence-electron chi connectivity index (χ0n) is 24.6. The van der Waals surface area contributed by atoms with Crippen LogP contribution in [0.1, 0.15) is 84.6 Å². The molecule has 0 radical (unpaired) electrons. The van der Waals surface area contributed by atoms with Crippen molar-refractivity contribution in [2.75, 3.05) is 39.5 Å². The van der Waals surface area contributed by atoms with Gasteiger partial charge in [0, 0.05) is 48.5 Å². The van der Waals surface area contributed by atoms with Gasteiger partial charge < -0.3 is 9.80 Å². The molecule has 1 aliphatic carbocycles. The molecular weight excluding hydrogens is 558 g/mol. The monoisotopic (exact) mass is 601 g/mol. The van der Waals surface area contributed by atoms with Crippen LogP contribution < -0.4 is 0 Å². The van der Waals surface area contributed by atoms with E-state index in [1.54, 1.807) is 13.4 Å². The third-order valence-electron chi connectivity index (χ3n) is 9.87. The summed E-state index contributed by atoms with van der Waals surface area (Å²) in [4.78, 5) is 26.9. The fourth-order valence-electron chi connectivity index (χ4n) is 7.14. The Bertz CT molecular complexity index is 1310. The molecular formula is C31H44ClN5O3S. The van der Waals surface area contributed by atoms with Gasteiger partial charge in [0.1, 0.15) is 12.0 Å². The van der Waals surface area contributed by atoms with Crippen molar-refractivity contribution >= 4 is 27.5 Å². The molecule has 3 aliphatic rings. The molecule has 10 heteroatoms. The van der Waals surface area contributed by atoms with E-state index in [0.29, 0.717) is 23.6 Å². The van der Waals surface area contributed by atoms with Gasteiger partial charge in [-0.2, -0.15) is 0 Å². The van der Waals surface area contributed by atoms with Crippen molar-refractivity contribution in [3.63, 3.8) is 0 Å². The fourth-order valence-corrected chi connectivity index (χ4v) is 8.02. The van der Waals surface area contributed by atoms with E-state index in [9.17, 15) is 13.2 Å². The lowest BCUT2D eigenvalue weighted by atomic mass is 9.94. The zero-order chi connectivity index (χ0) is 29.1. The van der Waals surface area contributed by atoms with E-state index < -0.39 is 10.0 Å². The van der Waals surface area contributed by atoms with E-state index in [1.165, 1.54) is 35.4 Å². The maximum absolute atomic E-state index is 13.5. The van der Waals surface area contributed by atoms with E-state index in [4.69, 9.17) is 11.6 Å². The minimum absolute atomic E-state index is 0.0155. The molecule has 2 atom stereocenters. The average Bonchev–Trinajstić information content (AvgIpc) is 3.45. The number of aromatic nitrogens is 2. The van der Waals surface area contributed by atoms with Gasteiger partial charge in [-0.1, -0.05) is 23.7 Å². The Morgan fingerprint density at radius 3 is 2.34 bits per heavy atom. The minimum Gasteiger partial charge on any atom is -0.337 e. The number of benzene rings is 1. The Kier molecular flexibility index (Phi) is 9.68. The number of aryl methyl sites for hydroxylation is 1. The summed E-state index contributed by atoms with van der Waals surface area (Å²) < 4.78 is 25.3. The van der Waals surface area contributed by atoms with Crippen LogP contribution >= 0.6 is 11.6 Å². The Morgan fingerprint density at radius 2 is 1.68 bits per heavy atom. The summed E-state index contributed by atoms with van der Waals surface area (Å²) in [6.07, 6.45) is 12.0. The van der Waals surface area contributed by atoms with Crippen LogP contribution in [0, 0.1) is 12.8 Å². The SMILES string of the molecule is Cc1c(CCC2CCC(c3ccc(Cl)cc3)C2)ncnc1C(=O)N1CCC(N2CCC(N(C)S(C)(=O)=O)CC2)CC1. The molecule has 0 spiro atoms. The van der Waals surface area contributed by atoms with Gasteiger partial charge in [-0.15, -0.1) is 0 Å². The molecule has 1 saturated carbocycles. The van der Waals surface area contributed by atoms with Gasteiger partial charge in [0.25, 0.3) is 5.91 Å². The largest absolute Gasteiger partial charge is 0.337 e. The van der Waals surface area contributed by atoms with E-state index in [0.717, 1.165) is 81.0 Å². The molecule has 3 fully saturated rings. The highest BCUT2D eigenvalue weighted by Gasteiger charge is 2.33. The van der Waals surface area contributed by atoms with Gasteiger partial charge >= 0.3 is 0 Å². The quantitative estimate of drug-likeness (QED) is 0.427. The third kappa shape index (κ3) is 7.29. The van der Waals surface area contributed by atoms with Crippen molar-refractivity contribution < 1.29 is 13.2 Å². The number of nitrogens with zero attached hydrogens (tertiary/aromatic N) is 5. The molecule has 3 heterocycles. The summed E-state index contributed by atoms with van der Waals surface area (Å²) >= 11 is 6.07. The van der Waals surface area contributed by atoms with Crippen LogP contribution in [0.15, 0.2) is 30.6 Å². The number of hydrogen-bond acceptors (Lipinski definition) is 6. The normalized spacial score (nSPS) is 23.4. The first-order valence-electron chi connectivity index (χ1n) is 15.1. The number of halogens is 1. The van der Waals surface area contributed by atoms with E-state index >= 15 is 0 Å². The Hall–Kier alpha value is -2.07. The van der Waals surface area contributed by atoms with Crippen LogP contribution in [0.2, 0.25) is 5.02 Å². The second kappa shape index (κ2) is 13.1. The molecule has 0 bridgehead atoms. The highest BCUT2D eigenvalue weighted by Crippen LogP contribution is 2.40. The Balaban J connectivity index is 1.10. The number of sulfonamides is 1. The number of carbonyl (C=O) groups excluding carboxylic acids is 1. The van der Waals surface area contributed by atoms with Crippen molar-refractivity contribution in [3.05, 3.63) is 58.1 Å². The Morgan fingerprint density at radius 1 is 1.00 bits per heavy atom. The molecule has 41 heavy (non-hydrogen) atoms. The summed E-state index contributed by atoms with van der Waals surface area (Å²) in [6.45, 7) is 5.25. The van der Waals surface area contributed by atoms with Gasteiger partial charge in [-0.3, -0.25) is 4.79 Å². The highest BCUT2D eigenvalue weighted by molar-refractivity contribution is 7.88. The first kappa shape index (κ1) is 30.4.